The third kappa shape index (κ3) is 5.78. The number of rotatable bonds is 4. The van der Waals surface area contributed by atoms with Crippen LogP contribution in [0.5, 0.6) is 0 Å². The van der Waals surface area contributed by atoms with E-state index < -0.39 is 35.9 Å². The molecule has 2 aliphatic heterocycles. The van der Waals surface area contributed by atoms with Crippen molar-refractivity contribution < 1.29 is 23.5 Å². The summed E-state index contributed by atoms with van der Waals surface area (Å²) in [5, 5.41) is 6.52. The summed E-state index contributed by atoms with van der Waals surface area (Å²) >= 11 is 0. The predicted molar refractivity (Wildman–Crippen MR) is 131 cm³/mol. The Balaban J connectivity index is 1.55. The number of carbonyl (C=O) groups excluding carboxylic acids is 2. The van der Waals surface area contributed by atoms with Crippen LogP contribution in [0, 0.1) is 5.82 Å². The summed E-state index contributed by atoms with van der Waals surface area (Å²) in [5.74, 6) is -0.593. The summed E-state index contributed by atoms with van der Waals surface area (Å²) in [7, 11) is 0. The molecular weight excluding hydrogens is 465 g/mol. The number of azide groups is 1. The highest BCUT2D eigenvalue weighted by atomic mass is 19.1. The van der Waals surface area contributed by atoms with Crippen molar-refractivity contribution in [3.05, 3.63) is 81.5 Å². The first-order chi connectivity index (χ1) is 17.2. The van der Waals surface area contributed by atoms with Crippen LogP contribution >= 0.6 is 0 Å². The second kappa shape index (κ2) is 10.6. The molecule has 4 atom stereocenters. The number of ether oxygens (including phenoxy) is 2. The molecule has 0 aromatic heterocycles. The first-order valence-corrected chi connectivity index (χ1v) is 12.0. The van der Waals surface area contributed by atoms with Gasteiger partial charge in [0.2, 0.25) is 0 Å². The molecule has 190 valence electrons. The van der Waals surface area contributed by atoms with Gasteiger partial charge in [0.15, 0.2) is 0 Å². The van der Waals surface area contributed by atoms with Crippen LogP contribution in [0.3, 0.4) is 0 Å². The molecule has 2 heterocycles. The molecule has 2 aromatic carbocycles. The number of hydrogen-bond acceptors (Lipinski definition) is 5. The molecule has 4 rings (SSSR count). The maximum Gasteiger partial charge on any atom is 0.407 e. The van der Waals surface area contributed by atoms with Gasteiger partial charge in [0.05, 0.1) is 24.7 Å². The van der Waals surface area contributed by atoms with Crippen LogP contribution in [0.15, 0.2) is 53.6 Å². The highest BCUT2D eigenvalue weighted by Gasteiger charge is 2.41. The van der Waals surface area contributed by atoms with Gasteiger partial charge in [0, 0.05) is 11.5 Å². The number of fused-ring (bicyclic) bond motifs is 1. The predicted octanol–water partition coefficient (Wildman–Crippen LogP) is 4.66. The maximum absolute atomic E-state index is 13.8. The number of hydrogen-bond donors (Lipinski definition) is 1. The largest absolute Gasteiger partial charge is 0.444 e. The Labute approximate surface area is 209 Å². The van der Waals surface area contributed by atoms with Gasteiger partial charge in [-0.3, -0.25) is 4.79 Å². The SMILES string of the molecule is CC(C)(C)OC(=O)N[C@H]1CO[C@@H](C(=O)N2CCc3ccccc3[C@@H]2c2ccc(F)cc2)CC1N=[N+]=[N-]. The number of nitrogens with zero attached hydrogens (tertiary/aromatic N) is 4. The normalized spacial score (nSPS) is 23.7. The van der Waals surface area contributed by atoms with E-state index >= 15 is 0 Å². The fraction of sp³-hybridized carbons (Fsp3) is 0.462. The summed E-state index contributed by atoms with van der Waals surface area (Å²) in [4.78, 5) is 30.7. The summed E-state index contributed by atoms with van der Waals surface area (Å²) in [6.45, 7) is 5.70. The summed E-state index contributed by atoms with van der Waals surface area (Å²) < 4.78 is 24.8. The summed E-state index contributed by atoms with van der Waals surface area (Å²) in [6, 6.07) is 12.3. The third-order valence-corrected chi connectivity index (χ3v) is 6.33. The van der Waals surface area contributed by atoms with Crippen molar-refractivity contribution in [2.75, 3.05) is 13.2 Å². The second-order valence-electron chi connectivity index (χ2n) is 10.0. The molecule has 36 heavy (non-hydrogen) atoms. The summed E-state index contributed by atoms with van der Waals surface area (Å²) in [5.41, 5.74) is 11.3. The summed E-state index contributed by atoms with van der Waals surface area (Å²) in [6.07, 6.45) is -0.722. The molecule has 1 N–H and O–H groups in total. The lowest BCUT2D eigenvalue weighted by Gasteiger charge is -2.41. The number of amides is 2. The molecule has 2 aliphatic rings. The third-order valence-electron chi connectivity index (χ3n) is 6.33. The first-order valence-electron chi connectivity index (χ1n) is 12.0. The van der Waals surface area contributed by atoms with Crippen molar-refractivity contribution >= 4 is 12.0 Å². The van der Waals surface area contributed by atoms with Gasteiger partial charge in [-0.1, -0.05) is 41.5 Å². The Morgan fingerprint density at radius 1 is 1.19 bits per heavy atom. The standard InChI is InChI=1S/C26H30FN5O4/c1-26(2,3)36-25(34)29-21-15-35-22(14-20(21)30-31-28)24(33)32-13-12-16-6-4-5-7-19(16)23(32)17-8-10-18(27)11-9-17/h4-11,20-23H,12-15H2,1-3H3,(H,29,34)/t20?,21-,22+,23-/m0/s1. The lowest BCUT2D eigenvalue weighted by molar-refractivity contribution is -0.150. The van der Waals surface area contributed by atoms with E-state index in [-0.39, 0.29) is 24.8 Å². The van der Waals surface area contributed by atoms with Gasteiger partial charge in [0.25, 0.3) is 5.91 Å². The average Bonchev–Trinajstić information content (AvgIpc) is 2.83. The number of carbonyl (C=O) groups is 2. The van der Waals surface area contributed by atoms with Crippen molar-refractivity contribution in [2.24, 2.45) is 5.11 Å². The van der Waals surface area contributed by atoms with Gasteiger partial charge in [0.1, 0.15) is 17.5 Å². The molecule has 2 aromatic rings. The van der Waals surface area contributed by atoms with Crippen LogP contribution in [-0.4, -0.2) is 53.8 Å². The Hall–Kier alpha value is -3.62. The highest BCUT2D eigenvalue weighted by Crippen LogP contribution is 2.36. The first kappa shape index (κ1) is 25.5. The zero-order valence-corrected chi connectivity index (χ0v) is 20.6. The quantitative estimate of drug-likeness (QED) is 0.377. The van der Waals surface area contributed by atoms with E-state index in [4.69, 9.17) is 15.0 Å². The van der Waals surface area contributed by atoms with E-state index in [0.29, 0.717) is 13.0 Å². The van der Waals surface area contributed by atoms with E-state index in [2.05, 4.69) is 15.3 Å². The smallest absolute Gasteiger partial charge is 0.407 e. The molecular formula is C26H30FN5O4. The zero-order valence-electron chi connectivity index (χ0n) is 20.6. The van der Waals surface area contributed by atoms with E-state index in [9.17, 15) is 14.0 Å². The maximum atomic E-state index is 13.8. The van der Waals surface area contributed by atoms with Crippen LogP contribution in [0.2, 0.25) is 0 Å². The number of alkyl carbamates (subject to hydrolysis) is 1. The van der Waals surface area contributed by atoms with Crippen molar-refractivity contribution in [3.8, 4) is 0 Å². The molecule has 0 spiro atoms. The fourth-order valence-electron chi connectivity index (χ4n) is 4.74. The number of benzene rings is 2. The van der Waals surface area contributed by atoms with E-state index in [1.165, 1.54) is 12.1 Å². The Bertz CT molecular complexity index is 1160. The molecule has 0 radical (unpaired) electrons. The van der Waals surface area contributed by atoms with Crippen LogP contribution in [-0.2, 0) is 20.7 Å². The molecule has 0 bridgehead atoms. The molecule has 0 aliphatic carbocycles. The average molecular weight is 496 g/mol. The van der Waals surface area contributed by atoms with Crippen molar-refractivity contribution in [1.29, 1.82) is 0 Å². The molecule has 10 heteroatoms. The lowest BCUT2D eigenvalue weighted by atomic mass is 9.87. The van der Waals surface area contributed by atoms with Gasteiger partial charge in [-0.25, -0.2) is 9.18 Å². The topological polar surface area (TPSA) is 117 Å². The molecule has 1 unspecified atom stereocenters. The molecule has 1 saturated heterocycles. The molecule has 0 saturated carbocycles. The minimum Gasteiger partial charge on any atom is -0.444 e. The van der Waals surface area contributed by atoms with Crippen molar-refractivity contribution in [3.63, 3.8) is 0 Å². The molecule has 1 fully saturated rings. The van der Waals surface area contributed by atoms with E-state index in [1.54, 1.807) is 37.8 Å². The van der Waals surface area contributed by atoms with Gasteiger partial charge >= 0.3 is 6.09 Å². The van der Waals surface area contributed by atoms with Crippen molar-refractivity contribution in [1.82, 2.24) is 10.2 Å². The van der Waals surface area contributed by atoms with Crippen molar-refractivity contribution in [2.45, 2.75) is 63.4 Å². The molecule has 2 amide bonds. The Morgan fingerprint density at radius 3 is 2.61 bits per heavy atom. The minimum atomic E-state index is -0.856. The second-order valence-corrected chi connectivity index (χ2v) is 10.0. The highest BCUT2D eigenvalue weighted by molar-refractivity contribution is 5.82. The zero-order chi connectivity index (χ0) is 25.9. The molecule has 9 nitrogen and oxygen atoms in total. The van der Waals surface area contributed by atoms with Crippen LogP contribution in [0.1, 0.15) is 49.9 Å². The monoisotopic (exact) mass is 495 g/mol. The van der Waals surface area contributed by atoms with Crippen LogP contribution in [0.4, 0.5) is 9.18 Å². The van der Waals surface area contributed by atoms with Gasteiger partial charge in [-0.15, -0.1) is 0 Å². The Morgan fingerprint density at radius 2 is 1.92 bits per heavy atom. The van der Waals surface area contributed by atoms with Gasteiger partial charge < -0.3 is 19.7 Å². The number of nitrogens with one attached hydrogen (secondary N) is 1. The minimum absolute atomic E-state index is 0.00895. The van der Waals surface area contributed by atoms with Gasteiger partial charge in [-0.2, -0.15) is 0 Å². The van der Waals surface area contributed by atoms with E-state index in [1.807, 2.05) is 24.3 Å². The van der Waals surface area contributed by atoms with Crippen LogP contribution < -0.4 is 5.32 Å². The number of halogens is 1. The van der Waals surface area contributed by atoms with E-state index in [0.717, 1.165) is 16.7 Å². The van der Waals surface area contributed by atoms with Gasteiger partial charge in [-0.05, 0) is 68.0 Å². The lowest BCUT2D eigenvalue weighted by Crippen LogP contribution is -2.55. The Kier molecular flexibility index (Phi) is 7.47. The fourth-order valence-corrected chi connectivity index (χ4v) is 4.74. The van der Waals surface area contributed by atoms with Crippen LogP contribution in [0.25, 0.3) is 10.4 Å².